The molecule has 1 aromatic heterocycles. The van der Waals surface area contributed by atoms with Gasteiger partial charge in [-0.05, 0) is 51.2 Å². The molecular formula is C28H40N4O7. The van der Waals surface area contributed by atoms with Gasteiger partial charge in [0.1, 0.15) is 12.4 Å². The number of nitrogens with one attached hydrogen (secondary N) is 2. The molecule has 11 nitrogen and oxygen atoms in total. The lowest BCUT2D eigenvalue weighted by molar-refractivity contribution is -0.168. The number of hydrogen-bond acceptors (Lipinski definition) is 8. The maximum absolute atomic E-state index is 12.9. The summed E-state index contributed by atoms with van der Waals surface area (Å²) in [6.45, 7) is 4.61. The first-order valence-electron chi connectivity index (χ1n) is 13.2. The van der Waals surface area contributed by atoms with Crippen molar-refractivity contribution in [2.24, 2.45) is 5.92 Å². The first-order valence-corrected chi connectivity index (χ1v) is 13.2. The van der Waals surface area contributed by atoms with Crippen LogP contribution in [0.15, 0.2) is 40.8 Å². The predicted octanol–water partition coefficient (Wildman–Crippen LogP) is 3.29. The number of hydroxylamine groups is 2. The molecule has 0 spiro atoms. The maximum Gasteiger partial charge on any atom is 0.338 e. The molecule has 0 saturated carbocycles. The summed E-state index contributed by atoms with van der Waals surface area (Å²) in [5.74, 6) is -1.42. The lowest BCUT2D eigenvalue weighted by atomic mass is 9.90. The number of amides is 3. The molecule has 0 radical (unpaired) electrons. The monoisotopic (exact) mass is 544 g/mol. The summed E-state index contributed by atoms with van der Waals surface area (Å²) >= 11 is 0. The van der Waals surface area contributed by atoms with E-state index in [1.807, 2.05) is 25.9 Å². The van der Waals surface area contributed by atoms with Crippen LogP contribution >= 0.6 is 0 Å². The van der Waals surface area contributed by atoms with E-state index < -0.39 is 23.8 Å². The van der Waals surface area contributed by atoms with Crippen molar-refractivity contribution in [3.05, 3.63) is 47.7 Å². The fourth-order valence-electron chi connectivity index (χ4n) is 4.07. The van der Waals surface area contributed by atoms with Crippen LogP contribution in [0.3, 0.4) is 0 Å². The third-order valence-electron chi connectivity index (χ3n) is 6.30. The molecule has 1 aromatic carbocycles. The topological polar surface area (TPSA) is 141 Å². The molecule has 2 atom stereocenters. The Bertz CT molecular complexity index is 1070. The molecule has 3 N–H and O–H groups in total. The lowest BCUT2D eigenvalue weighted by Gasteiger charge is -2.29. The fraction of sp³-hybridized carbons (Fsp3) is 0.500. The number of rotatable bonds is 17. The van der Waals surface area contributed by atoms with E-state index in [-0.39, 0.29) is 18.3 Å². The Hall–Kier alpha value is -3.70. The molecule has 0 saturated heterocycles. The second-order valence-corrected chi connectivity index (χ2v) is 9.47. The Morgan fingerprint density at radius 2 is 1.77 bits per heavy atom. The third kappa shape index (κ3) is 9.84. The van der Waals surface area contributed by atoms with E-state index in [9.17, 15) is 24.4 Å². The maximum atomic E-state index is 12.9. The van der Waals surface area contributed by atoms with Crippen LogP contribution in [0.5, 0.6) is 0 Å². The van der Waals surface area contributed by atoms with Crippen molar-refractivity contribution in [1.82, 2.24) is 20.6 Å². The van der Waals surface area contributed by atoms with Crippen molar-refractivity contribution < 1.29 is 33.5 Å². The third-order valence-corrected chi connectivity index (χ3v) is 6.30. The van der Waals surface area contributed by atoms with Crippen molar-refractivity contribution in [1.29, 1.82) is 0 Å². The number of nitrogens with zero attached hydrogens (tertiary/aromatic N) is 2. The summed E-state index contributed by atoms with van der Waals surface area (Å²) in [6, 6.07) is 9.17. The van der Waals surface area contributed by atoms with Gasteiger partial charge in [-0.2, -0.15) is 0 Å². The molecule has 11 heteroatoms. The normalized spacial score (nSPS) is 12.5. The number of carbonyl (C=O) groups excluding carboxylic acids is 4. The summed E-state index contributed by atoms with van der Waals surface area (Å²) in [4.78, 5) is 50.6. The van der Waals surface area contributed by atoms with E-state index in [0.717, 1.165) is 19.3 Å². The van der Waals surface area contributed by atoms with Gasteiger partial charge >= 0.3 is 5.97 Å². The zero-order chi connectivity index (χ0) is 28.8. The highest BCUT2D eigenvalue weighted by Gasteiger charge is 2.30. The predicted molar refractivity (Wildman–Crippen MR) is 145 cm³/mol. The highest BCUT2D eigenvalue weighted by atomic mass is 16.5. The Balaban J connectivity index is 1.93. The van der Waals surface area contributed by atoms with Gasteiger partial charge < -0.3 is 24.7 Å². The van der Waals surface area contributed by atoms with E-state index >= 15 is 0 Å². The summed E-state index contributed by atoms with van der Waals surface area (Å²) < 4.78 is 10.9. The zero-order valence-corrected chi connectivity index (χ0v) is 23.1. The largest absolute Gasteiger partial charge is 0.461 e. The molecule has 1 heterocycles. The average Bonchev–Trinajstić information content (AvgIpc) is 3.42. The van der Waals surface area contributed by atoms with Crippen molar-refractivity contribution in [2.45, 2.75) is 52.0 Å². The minimum Gasteiger partial charge on any atom is -0.461 e. The van der Waals surface area contributed by atoms with Crippen LogP contribution in [-0.2, 0) is 14.3 Å². The van der Waals surface area contributed by atoms with Gasteiger partial charge in [-0.1, -0.05) is 45.2 Å². The number of ether oxygens (including phenoxy) is 1. The van der Waals surface area contributed by atoms with Crippen LogP contribution in [0.2, 0.25) is 0 Å². The zero-order valence-electron chi connectivity index (χ0n) is 23.1. The molecule has 0 aliphatic carbocycles. The van der Waals surface area contributed by atoms with Gasteiger partial charge in [0, 0.05) is 12.1 Å². The number of unbranched alkanes of at least 4 members (excludes halogenated alkanes) is 2. The molecule has 0 bridgehead atoms. The molecule has 1 unspecified atom stereocenters. The molecule has 39 heavy (non-hydrogen) atoms. The minimum atomic E-state index is -0.658. The Labute approximate surface area is 229 Å². The second kappa shape index (κ2) is 16.3. The first-order chi connectivity index (χ1) is 18.7. The van der Waals surface area contributed by atoms with Crippen LogP contribution in [0.4, 0.5) is 0 Å². The van der Waals surface area contributed by atoms with E-state index in [2.05, 4.69) is 10.6 Å². The van der Waals surface area contributed by atoms with Crippen LogP contribution in [0.1, 0.15) is 66.9 Å². The number of likely N-dealkylation sites (N-methyl/N-ethyl adjacent to an activating group) is 1. The van der Waals surface area contributed by atoms with Gasteiger partial charge in [0.2, 0.25) is 12.3 Å². The summed E-state index contributed by atoms with van der Waals surface area (Å²) in [5.41, 5.74) is 1.09. The number of hydrogen-bond donors (Lipinski definition) is 3. The quantitative estimate of drug-likeness (QED) is 0.0688. The average molecular weight is 545 g/mol. The number of esters is 1. The van der Waals surface area contributed by atoms with Gasteiger partial charge in [0.25, 0.3) is 5.91 Å². The molecule has 0 aliphatic heterocycles. The van der Waals surface area contributed by atoms with E-state index in [1.54, 1.807) is 37.3 Å². The lowest BCUT2D eigenvalue weighted by Crippen LogP contribution is -2.47. The van der Waals surface area contributed by atoms with Crippen LogP contribution in [-0.4, -0.2) is 79.3 Å². The molecule has 0 fully saturated rings. The molecule has 2 aromatic rings. The fourth-order valence-corrected chi connectivity index (χ4v) is 4.07. The minimum absolute atomic E-state index is 0.0554. The van der Waals surface area contributed by atoms with Crippen molar-refractivity contribution in [3.63, 3.8) is 0 Å². The SMILES string of the molecule is CCCCCC(C(=O)NCNC(=O)c1ccc(-c2ccc(C(=O)OCCN(C)C)cc2)o1)[C@@H](CC)N(O)C=O. The highest BCUT2D eigenvalue weighted by Crippen LogP contribution is 2.23. The molecular weight excluding hydrogens is 504 g/mol. The van der Waals surface area contributed by atoms with Gasteiger partial charge in [-0.3, -0.25) is 19.6 Å². The molecule has 3 amide bonds. The molecule has 214 valence electrons. The highest BCUT2D eigenvalue weighted by molar-refractivity contribution is 5.92. The first kappa shape index (κ1) is 31.5. The Kier molecular flexibility index (Phi) is 13.2. The van der Waals surface area contributed by atoms with E-state index in [1.165, 1.54) is 6.07 Å². The van der Waals surface area contributed by atoms with Crippen molar-refractivity contribution >= 4 is 24.2 Å². The standard InChI is InChI=1S/C28H40N4O7/c1-5-7-8-9-22(23(6-2)32(37)19-33)26(34)29-18-30-27(35)25-15-14-24(39-25)20-10-12-21(13-11-20)28(36)38-17-16-31(3)4/h10-15,19,22-23,37H,5-9,16-18H2,1-4H3,(H,29,34)(H,30,35)/t22?,23-/m1/s1. The van der Waals surface area contributed by atoms with Gasteiger partial charge in [-0.25, -0.2) is 9.86 Å². The smallest absolute Gasteiger partial charge is 0.338 e. The van der Waals surface area contributed by atoms with E-state index in [0.29, 0.717) is 54.4 Å². The Morgan fingerprint density at radius 1 is 1.05 bits per heavy atom. The molecule has 0 aliphatic rings. The van der Waals surface area contributed by atoms with Gasteiger partial charge in [-0.15, -0.1) is 0 Å². The van der Waals surface area contributed by atoms with Gasteiger partial charge in [0.15, 0.2) is 5.76 Å². The number of furan rings is 1. The van der Waals surface area contributed by atoms with Crippen molar-refractivity contribution in [2.75, 3.05) is 33.9 Å². The number of carbonyl (C=O) groups is 4. The summed E-state index contributed by atoms with van der Waals surface area (Å²) in [5, 5.41) is 15.7. The summed E-state index contributed by atoms with van der Waals surface area (Å²) in [7, 11) is 3.79. The second-order valence-electron chi connectivity index (χ2n) is 9.47. The summed E-state index contributed by atoms with van der Waals surface area (Å²) in [6.07, 6.45) is 3.88. The van der Waals surface area contributed by atoms with Gasteiger partial charge in [0.05, 0.1) is 24.2 Å². The molecule has 2 rings (SSSR count). The van der Waals surface area contributed by atoms with Crippen molar-refractivity contribution in [3.8, 4) is 11.3 Å². The van der Waals surface area contributed by atoms with Crippen LogP contribution < -0.4 is 10.6 Å². The van der Waals surface area contributed by atoms with E-state index in [4.69, 9.17) is 9.15 Å². The van der Waals surface area contributed by atoms with Crippen LogP contribution in [0.25, 0.3) is 11.3 Å². The van der Waals surface area contributed by atoms with Crippen LogP contribution in [0, 0.1) is 5.92 Å². The Morgan fingerprint density at radius 3 is 2.38 bits per heavy atom. The number of benzene rings is 1.